The van der Waals surface area contributed by atoms with Crippen LogP contribution in [0.25, 0.3) is 0 Å². The molecule has 0 atom stereocenters. The van der Waals surface area contributed by atoms with E-state index in [0.717, 1.165) is 43.9 Å². The largest absolute Gasteiger partial charge is 0.481 e. The van der Waals surface area contributed by atoms with Crippen LogP contribution < -0.4 is 10.5 Å². The lowest BCUT2D eigenvalue weighted by Crippen LogP contribution is -2.34. The highest BCUT2D eigenvalue weighted by Gasteiger charge is 2.21. The molecule has 6 heteroatoms. The molecule has 1 fully saturated rings. The van der Waals surface area contributed by atoms with Crippen molar-refractivity contribution in [3.05, 3.63) is 36.2 Å². The van der Waals surface area contributed by atoms with Crippen molar-refractivity contribution in [2.24, 2.45) is 0 Å². The number of nitrogens with two attached hydrogens (primary N) is 1. The maximum atomic E-state index is 5.68. The second-order valence-corrected chi connectivity index (χ2v) is 5.40. The molecule has 0 radical (unpaired) electrons. The van der Waals surface area contributed by atoms with Gasteiger partial charge in [-0.2, -0.15) is 5.10 Å². The topological polar surface area (TPSA) is 69.2 Å². The van der Waals surface area contributed by atoms with E-state index in [1.165, 1.54) is 0 Å². The van der Waals surface area contributed by atoms with Crippen LogP contribution in [0.5, 0.6) is 5.88 Å². The Balaban J connectivity index is 1.58. The number of rotatable bonds is 4. The number of anilines is 1. The second-order valence-electron chi connectivity index (χ2n) is 5.40. The van der Waals surface area contributed by atoms with E-state index in [-0.39, 0.29) is 0 Å². The van der Waals surface area contributed by atoms with Crippen LogP contribution in [0.1, 0.15) is 24.4 Å². The average molecular weight is 287 g/mol. The lowest BCUT2D eigenvalue weighted by Gasteiger charge is -2.32. The number of nitrogens with zero attached hydrogens (tertiary/aromatic N) is 4. The molecular formula is C15H21N5O. The third-order valence-electron chi connectivity index (χ3n) is 4.00. The molecule has 2 N–H and O–H groups in total. The minimum atomic E-state index is 0.453. The molecule has 1 aliphatic rings. The van der Waals surface area contributed by atoms with Gasteiger partial charge in [-0.3, -0.25) is 9.58 Å². The standard InChI is InChI=1S/C15H21N5O/c1-21-15-12(3-2-7-17-15)11-19-8-4-13(5-9-19)20-10-6-14(16)18-20/h2-3,6-7,10,13H,4-5,8-9,11H2,1H3,(H2,16,18). The fraction of sp³-hybridized carbons (Fsp3) is 0.467. The summed E-state index contributed by atoms with van der Waals surface area (Å²) in [5.74, 6) is 1.32. The molecule has 3 rings (SSSR count). The highest BCUT2D eigenvalue weighted by molar-refractivity contribution is 5.25. The third kappa shape index (κ3) is 3.16. The summed E-state index contributed by atoms with van der Waals surface area (Å²) in [7, 11) is 1.67. The van der Waals surface area contributed by atoms with Crippen molar-refractivity contribution in [1.82, 2.24) is 19.7 Å². The fourth-order valence-corrected chi connectivity index (χ4v) is 2.87. The number of nitrogen functional groups attached to an aromatic ring is 1. The Hall–Kier alpha value is -2.08. The normalized spacial score (nSPS) is 17.0. The number of hydrogen-bond donors (Lipinski definition) is 1. The molecule has 0 saturated carbocycles. The van der Waals surface area contributed by atoms with Gasteiger partial charge in [0.25, 0.3) is 0 Å². The van der Waals surface area contributed by atoms with Gasteiger partial charge in [0.05, 0.1) is 13.2 Å². The van der Waals surface area contributed by atoms with Gasteiger partial charge in [-0.1, -0.05) is 6.07 Å². The van der Waals surface area contributed by atoms with Gasteiger partial charge in [-0.25, -0.2) is 4.98 Å². The molecule has 0 bridgehead atoms. The smallest absolute Gasteiger partial charge is 0.217 e. The third-order valence-corrected chi connectivity index (χ3v) is 4.00. The van der Waals surface area contributed by atoms with Crippen LogP contribution in [0, 0.1) is 0 Å². The average Bonchev–Trinajstić information content (AvgIpc) is 2.95. The predicted molar refractivity (Wildman–Crippen MR) is 81.0 cm³/mol. The molecule has 21 heavy (non-hydrogen) atoms. The van der Waals surface area contributed by atoms with Crippen molar-refractivity contribution >= 4 is 5.82 Å². The summed E-state index contributed by atoms with van der Waals surface area (Å²) < 4.78 is 7.31. The van der Waals surface area contributed by atoms with Crippen molar-refractivity contribution in [1.29, 1.82) is 0 Å². The Bertz CT molecular complexity index is 589. The highest BCUT2D eigenvalue weighted by Crippen LogP contribution is 2.25. The van der Waals surface area contributed by atoms with Crippen LogP contribution in [0.4, 0.5) is 5.82 Å². The van der Waals surface area contributed by atoms with Gasteiger partial charge in [0, 0.05) is 37.6 Å². The van der Waals surface area contributed by atoms with E-state index >= 15 is 0 Å². The Labute approximate surface area is 124 Å². The molecule has 2 aromatic heterocycles. The van der Waals surface area contributed by atoms with E-state index < -0.39 is 0 Å². The first-order chi connectivity index (χ1) is 10.3. The van der Waals surface area contributed by atoms with Gasteiger partial charge < -0.3 is 10.5 Å². The molecule has 3 heterocycles. The molecule has 112 valence electrons. The zero-order chi connectivity index (χ0) is 14.7. The molecule has 0 amide bonds. The molecule has 0 unspecified atom stereocenters. The summed E-state index contributed by atoms with van der Waals surface area (Å²) in [4.78, 5) is 6.68. The van der Waals surface area contributed by atoms with Crippen molar-refractivity contribution < 1.29 is 4.74 Å². The summed E-state index contributed by atoms with van der Waals surface area (Å²) in [6.07, 6.45) is 5.91. The van der Waals surface area contributed by atoms with Crippen LogP contribution in [-0.4, -0.2) is 39.9 Å². The Morgan fingerprint density at radius 3 is 2.81 bits per heavy atom. The van der Waals surface area contributed by atoms with Gasteiger partial charge >= 0.3 is 0 Å². The summed E-state index contributed by atoms with van der Waals surface area (Å²) >= 11 is 0. The monoisotopic (exact) mass is 287 g/mol. The summed E-state index contributed by atoms with van der Waals surface area (Å²) in [5.41, 5.74) is 6.82. The number of piperidine rings is 1. The Morgan fingerprint density at radius 1 is 1.33 bits per heavy atom. The lowest BCUT2D eigenvalue weighted by atomic mass is 10.0. The van der Waals surface area contributed by atoms with Gasteiger partial charge in [-0.15, -0.1) is 0 Å². The summed E-state index contributed by atoms with van der Waals surface area (Å²) in [5, 5.41) is 4.32. The quantitative estimate of drug-likeness (QED) is 0.927. The molecule has 1 saturated heterocycles. The second kappa shape index (κ2) is 6.13. The minimum Gasteiger partial charge on any atom is -0.481 e. The molecular weight excluding hydrogens is 266 g/mol. The molecule has 1 aliphatic heterocycles. The maximum Gasteiger partial charge on any atom is 0.217 e. The SMILES string of the molecule is COc1ncccc1CN1CCC(n2ccc(N)n2)CC1. The number of aromatic nitrogens is 3. The highest BCUT2D eigenvalue weighted by atomic mass is 16.5. The number of ether oxygens (including phenoxy) is 1. The van der Waals surface area contributed by atoms with Crippen LogP contribution >= 0.6 is 0 Å². The van der Waals surface area contributed by atoms with E-state index in [4.69, 9.17) is 10.5 Å². The first-order valence-corrected chi connectivity index (χ1v) is 7.27. The zero-order valence-corrected chi connectivity index (χ0v) is 12.3. The zero-order valence-electron chi connectivity index (χ0n) is 12.3. The Kier molecular flexibility index (Phi) is 4.06. The maximum absolute atomic E-state index is 5.68. The Morgan fingerprint density at radius 2 is 2.14 bits per heavy atom. The lowest BCUT2D eigenvalue weighted by molar-refractivity contribution is 0.171. The number of methoxy groups -OCH3 is 1. The molecule has 6 nitrogen and oxygen atoms in total. The minimum absolute atomic E-state index is 0.453. The van der Waals surface area contributed by atoms with Crippen molar-refractivity contribution in [2.45, 2.75) is 25.4 Å². The molecule has 2 aromatic rings. The molecule has 0 aromatic carbocycles. The first-order valence-electron chi connectivity index (χ1n) is 7.27. The van der Waals surface area contributed by atoms with E-state index in [0.29, 0.717) is 11.9 Å². The summed E-state index contributed by atoms with van der Waals surface area (Å²) in [6.45, 7) is 2.97. The number of hydrogen-bond acceptors (Lipinski definition) is 5. The van der Waals surface area contributed by atoms with Crippen molar-refractivity contribution in [2.75, 3.05) is 25.9 Å². The van der Waals surface area contributed by atoms with E-state index in [9.17, 15) is 0 Å². The van der Waals surface area contributed by atoms with Crippen molar-refractivity contribution in [3.63, 3.8) is 0 Å². The predicted octanol–water partition coefficient (Wildman–Crippen LogP) is 1.71. The number of likely N-dealkylation sites (tertiary alicyclic amines) is 1. The van der Waals surface area contributed by atoms with E-state index in [2.05, 4.69) is 21.0 Å². The van der Waals surface area contributed by atoms with Gasteiger partial charge in [0.1, 0.15) is 5.82 Å². The van der Waals surface area contributed by atoms with Crippen LogP contribution in [0.2, 0.25) is 0 Å². The van der Waals surface area contributed by atoms with Gasteiger partial charge in [-0.05, 0) is 25.0 Å². The molecule has 0 aliphatic carbocycles. The van der Waals surface area contributed by atoms with Gasteiger partial charge in [0.2, 0.25) is 5.88 Å². The van der Waals surface area contributed by atoms with E-state index in [1.807, 2.05) is 23.0 Å². The van der Waals surface area contributed by atoms with Crippen LogP contribution in [-0.2, 0) is 6.54 Å². The first kappa shape index (κ1) is 13.9. The fourth-order valence-electron chi connectivity index (χ4n) is 2.87. The molecule has 0 spiro atoms. The van der Waals surface area contributed by atoms with Gasteiger partial charge in [0.15, 0.2) is 0 Å². The van der Waals surface area contributed by atoms with Crippen LogP contribution in [0.3, 0.4) is 0 Å². The summed E-state index contributed by atoms with van der Waals surface area (Å²) in [6, 6.07) is 6.34. The van der Waals surface area contributed by atoms with Crippen LogP contribution in [0.15, 0.2) is 30.6 Å². The van der Waals surface area contributed by atoms with E-state index in [1.54, 1.807) is 13.3 Å². The van der Waals surface area contributed by atoms with Crippen molar-refractivity contribution in [3.8, 4) is 5.88 Å². The number of pyridine rings is 1.